The second-order valence-corrected chi connectivity index (χ2v) is 11.7. The standard InChI is InChI=1S/C36H33FN5O2/c1-25-39-22-31-18-29(14-17-42(25,31)30-12-10-28(21-38)34(37)19-30)40-15-16-41(36(43)23-40)35-9-5-8-27-11-13-32(20-33(27)35)44-24-26-6-3-2-4-7-26/h2-13,18-20,22,25,29H,14-17,23-24H2,1H3/q+1/t25-,29?,42+/m1/s1. The number of fused-ring (bicyclic) bond motifs is 2. The average Bonchev–Trinajstić information content (AvgIpc) is 3.40. The number of quaternary nitrogens is 1. The number of hydrogen-bond acceptors (Lipinski definition) is 5. The molecule has 7 rings (SSSR count). The van der Waals surface area contributed by atoms with Gasteiger partial charge in [-0.25, -0.2) is 13.9 Å². The molecule has 0 N–H and O–H groups in total. The summed E-state index contributed by atoms with van der Waals surface area (Å²) in [7, 11) is 0. The minimum atomic E-state index is -0.511. The summed E-state index contributed by atoms with van der Waals surface area (Å²) in [5.74, 6) is 0.319. The van der Waals surface area contributed by atoms with Crippen molar-refractivity contribution in [3.63, 3.8) is 0 Å². The maximum atomic E-state index is 14.7. The van der Waals surface area contributed by atoms with E-state index in [0.717, 1.165) is 58.7 Å². The van der Waals surface area contributed by atoms with Crippen molar-refractivity contribution < 1.29 is 13.9 Å². The minimum absolute atomic E-state index is 0.0404. The summed E-state index contributed by atoms with van der Waals surface area (Å²) in [6.07, 6.45) is 4.80. The minimum Gasteiger partial charge on any atom is -0.489 e. The molecule has 220 valence electrons. The van der Waals surface area contributed by atoms with Crippen LogP contribution in [0, 0.1) is 17.1 Å². The number of amides is 1. The molecule has 0 bridgehead atoms. The number of aliphatic imine (C=N–C) groups is 1. The van der Waals surface area contributed by atoms with Crippen LogP contribution in [0.15, 0.2) is 102 Å². The number of anilines is 1. The number of carbonyl (C=O) groups excluding carboxylic acids is 1. The maximum Gasteiger partial charge on any atom is 0.241 e. The highest BCUT2D eigenvalue weighted by Crippen LogP contribution is 2.41. The Hall–Kier alpha value is -4.84. The predicted octanol–water partition coefficient (Wildman–Crippen LogP) is 6.17. The topological polar surface area (TPSA) is 68.9 Å². The number of nitriles is 1. The zero-order valence-electron chi connectivity index (χ0n) is 24.6. The molecule has 3 aliphatic rings. The first-order valence-electron chi connectivity index (χ1n) is 15.0. The van der Waals surface area contributed by atoms with Crippen molar-refractivity contribution in [1.82, 2.24) is 9.38 Å². The predicted molar refractivity (Wildman–Crippen MR) is 171 cm³/mol. The van der Waals surface area contributed by atoms with E-state index in [2.05, 4.69) is 17.0 Å². The Morgan fingerprint density at radius 1 is 1.05 bits per heavy atom. The zero-order valence-corrected chi connectivity index (χ0v) is 24.6. The van der Waals surface area contributed by atoms with E-state index >= 15 is 0 Å². The highest BCUT2D eigenvalue weighted by atomic mass is 19.1. The number of benzene rings is 4. The number of ether oxygens (including phenoxy) is 1. The second-order valence-electron chi connectivity index (χ2n) is 11.7. The number of allylic oxidation sites excluding steroid dienone is 1. The fourth-order valence-corrected chi connectivity index (χ4v) is 6.88. The summed E-state index contributed by atoms with van der Waals surface area (Å²) in [6.45, 7) is 4.88. The van der Waals surface area contributed by atoms with Gasteiger partial charge in [0.1, 0.15) is 29.9 Å². The third kappa shape index (κ3) is 4.84. The number of piperazine rings is 1. The molecular weight excluding hydrogens is 553 g/mol. The molecule has 3 heterocycles. The Morgan fingerprint density at radius 2 is 1.91 bits per heavy atom. The number of nitrogens with zero attached hydrogens (tertiary/aromatic N) is 5. The first-order valence-corrected chi connectivity index (χ1v) is 15.0. The Bertz CT molecular complexity index is 1850. The maximum absolute atomic E-state index is 14.7. The van der Waals surface area contributed by atoms with Gasteiger partial charge in [0.25, 0.3) is 0 Å². The van der Waals surface area contributed by atoms with Crippen molar-refractivity contribution in [2.45, 2.75) is 32.2 Å². The molecule has 3 aliphatic heterocycles. The summed E-state index contributed by atoms with van der Waals surface area (Å²) in [6, 6.07) is 29.0. The van der Waals surface area contributed by atoms with Crippen LogP contribution in [0.2, 0.25) is 0 Å². The van der Waals surface area contributed by atoms with Gasteiger partial charge < -0.3 is 9.64 Å². The van der Waals surface area contributed by atoms with Crippen LogP contribution < -0.4 is 14.1 Å². The van der Waals surface area contributed by atoms with Crippen LogP contribution in [0.5, 0.6) is 5.75 Å². The number of halogens is 1. The van der Waals surface area contributed by atoms with Crippen molar-refractivity contribution in [3.05, 3.63) is 114 Å². The molecule has 44 heavy (non-hydrogen) atoms. The first kappa shape index (κ1) is 28.0. The Kier molecular flexibility index (Phi) is 7.21. The molecule has 1 fully saturated rings. The van der Waals surface area contributed by atoms with Crippen LogP contribution in [0.3, 0.4) is 0 Å². The molecule has 1 amide bonds. The molecule has 0 aliphatic carbocycles. The van der Waals surface area contributed by atoms with E-state index in [0.29, 0.717) is 24.2 Å². The van der Waals surface area contributed by atoms with E-state index in [4.69, 9.17) is 9.73 Å². The summed E-state index contributed by atoms with van der Waals surface area (Å²) in [4.78, 5) is 22.5. The molecule has 0 radical (unpaired) electrons. The largest absolute Gasteiger partial charge is 0.489 e. The molecule has 0 saturated carbocycles. The van der Waals surface area contributed by atoms with Gasteiger partial charge in [-0.3, -0.25) is 9.69 Å². The summed E-state index contributed by atoms with van der Waals surface area (Å²) < 4.78 is 21.2. The van der Waals surface area contributed by atoms with Crippen LogP contribution >= 0.6 is 0 Å². The molecule has 4 aromatic carbocycles. The van der Waals surface area contributed by atoms with E-state index in [1.807, 2.05) is 90.8 Å². The second kappa shape index (κ2) is 11.3. The van der Waals surface area contributed by atoms with Crippen molar-refractivity contribution in [3.8, 4) is 11.8 Å². The van der Waals surface area contributed by atoms with E-state index in [1.165, 1.54) is 6.07 Å². The highest BCUT2D eigenvalue weighted by Gasteiger charge is 2.48. The molecule has 3 atom stereocenters. The number of rotatable bonds is 6. The molecule has 8 heteroatoms. The highest BCUT2D eigenvalue weighted by molar-refractivity contribution is 6.05. The molecule has 1 unspecified atom stereocenters. The Morgan fingerprint density at radius 3 is 2.70 bits per heavy atom. The Balaban J connectivity index is 1.10. The van der Waals surface area contributed by atoms with Gasteiger partial charge >= 0.3 is 0 Å². The van der Waals surface area contributed by atoms with Crippen molar-refractivity contribution in [1.29, 1.82) is 5.26 Å². The van der Waals surface area contributed by atoms with Gasteiger partial charge in [-0.15, -0.1) is 0 Å². The molecule has 4 aromatic rings. The molecule has 0 spiro atoms. The molecule has 7 nitrogen and oxygen atoms in total. The van der Waals surface area contributed by atoms with Gasteiger partial charge in [0.05, 0.1) is 30.6 Å². The van der Waals surface area contributed by atoms with Gasteiger partial charge in [-0.2, -0.15) is 5.26 Å². The van der Waals surface area contributed by atoms with E-state index in [-0.39, 0.29) is 23.7 Å². The van der Waals surface area contributed by atoms with Gasteiger partial charge in [0.2, 0.25) is 5.91 Å². The fourth-order valence-electron chi connectivity index (χ4n) is 6.88. The molecular formula is C36H33FN5O2+. The summed E-state index contributed by atoms with van der Waals surface area (Å²) in [5, 5.41) is 11.3. The van der Waals surface area contributed by atoms with Crippen LogP contribution in [0.4, 0.5) is 15.8 Å². The van der Waals surface area contributed by atoms with Crippen LogP contribution in [0.25, 0.3) is 10.8 Å². The quantitative estimate of drug-likeness (QED) is 0.254. The van der Waals surface area contributed by atoms with Crippen LogP contribution in [-0.2, 0) is 11.4 Å². The monoisotopic (exact) mass is 586 g/mol. The van der Waals surface area contributed by atoms with Crippen molar-refractivity contribution in [2.24, 2.45) is 4.99 Å². The third-order valence-electron chi connectivity index (χ3n) is 9.28. The fraction of sp³-hybridized carbons (Fsp3) is 0.250. The Labute approximate surface area is 256 Å². The lowest BCUT2D eigenvalue weighted by Gasteiger charge is -2.44. The smallest absolute Gasteiger partial charge is 0.241 e. The summed E-state index contributed by atoms with van der Waals surface area (Å²) >= 11 is 0. The lowest BCUT2D eigenvalue weighted by Crippen LogP contribution is -2.59. The van der Waals surface area contributed by atoms with Gasteiger partial charge in [0, 0.05) is 50.0 Å². The SMILES string of the molecule is C[C@@H]1N=CC2=CC(N3CCN(c4cccc5ccc(OCc6ccccc6)cc45)C(=O)C3)CC[N@+]21c1ccc(C#N)c(F)c1. The first-order chi connectivity index (χ1) is 21.5. The van der Waals surface area contributed by atoms with E-state index < -0.39 is 5.82 Å². The van der Waals surface area contributed by atoms with Crippen molar-refractivity contribution >= 4 is 34.3 Å². The van der Waals surface area contributed by atoms with Gasteiger partial charge in [0.15, 0.2) is 11.9 Å². The number of carbonyl (C=O) groups is 1. The third-order valence-corrected chi connectivity index (χ3v) is 9.28. The average molecular weight is 587 g/mol. The van der Waals surface area contributed by atoms with E-state index in [1.54, 1.807) is 6.07 Å². The van der Waals surface area contributed by atoms with E-state index in [9.17, 15) is 14.4 Å². The molecule has 0 aromatic heterocycles. The van der Waals surface area contributed by atoms with Crippen molar-refractivity contribution in [2.75, 3.05) is 31.1 Å². The van der Waals surface area contributed by atoms with Crippen LogP contribution in [-0.4, -0.2) is 55.4 Å². The lowest BCUT2D eigenvalue weighted by atomic mass is 9.99. The normalized spacial score (nSPS) is 23.3. The number of hydrogen-bond donors (Lipinski definition) is 0. The summed E-state index contributed by atoms with van der Waals surface area (Å²) in [5.41, 5.74) is 3.83. The lowest BCUT2D eigenvalue weighted by molar-refractivity contribution is -0.121. The zero-order chi connectivity index (χ0) is 30.3. The van der Waals surface area contributed by atoms with Gasteiger partial charge in [-0.05, 0) is 41.3 Å². The molecule has 1 saturated heterocycles. The van der Waals surface area contributed by atoms with Gasteiger partial charge in [-0.1, -0.05) is 48.5 Å². The van der Waals surface area contributed by atoms with Crippen LogP contribution in [0.1, 0.15) is 24.5 Å².